The number of hydrogen-bond donors (Lipinski definition) is 1. The van der Waals surface area contributed by atoms with E-state index in [1.54, 1.807) is 0 Å². The number of carbonyl (C=O) groups is 2. The van der Waals surface area contributed by atoms with Crippen LogP contribution in [0.25, 0.3) is 0 Å². The van der Waals surface area contributed by atoms with Crippen LogP contribution < -0.4 is 5.32 Å². The van der Waals surface area contributed by atoms with Gasteiger partial charge in [0.25, 0.3) is 0 Å². The molecule has 1 heterocycles. The van der Waals surface area contributed by atoms with Crippen LogP contribution in [-0.2, 0) is 9.59 Å². The maximum absolute atomic E-state index is 12.2. The van der Waals surface area contributed by atoms with Crippen molar-refractivity contribution < 1.29 is 9.59 Å². The predicted octanol–water partition coefficient (Wildman–Crippen LogP) is 1.80. The Morgan fingerprint density at radius 1 is 1.28 bits per heavy atom. The molecular formula is C14H26N2O2. The van der Waals surface area contributed by atoms with E-state index in [2.05, 4.69) is 5.32 Å². The standard InChI is InChI=1S/C14H26N2O2/c1-10(2)15-12(17)11-7-6-8-16(9-11)13(18)14(3,4)5/h10-11H,6-9H2,1-5H3,(H,15,17). The average molecular weight is 254 g/mol. The van der Waals surface area contributed by atoms with E-state index in [9.17, 15) is 9.59 Å². The summed E-state index contributed by atoms with van der Waals surface area (Å²) in [5, 5.41) is 2.93. The van der Waals surface area contributed by atoms with Gasteiger partial charge in [-0.25, -0.2) is 0 Å². The summed E-state index contributed by atoms with van der Waals surface area (Å²) in [5.74, 6) is 0.174. The van der Waals surface area contributed by atoms with Gasteiger partial charge in [0.1, 0.15) is 0 Å². The van der Waals surface area contributed by atoms with Crippen LogP contribution in [0.2, 0.25) is 0 Å². The zero-order valence-electron chi connectivity index (χ0n) is 12.2. The van der Waals surface area contributed by atoms with Gasteiger partial charge in [-0.3, -0.25) is 9.59 Å². The summed E-state index contributed by atoms with van der Waals surface area (Å²) in [4.78, 5) is 26.0. The molecule has 0 aromatic carbocycles. The SMILES string of the molecule is CC(C)NC(=O)C1CCCN(C(=O)C(C)(C)C)C1. The molecule has 0 spiro atoms. The Labute approximate surface area is 110 Å². The van der Waals surface area contributed by atoms with E-state index >= 15 is 0 Å². The minimum absolute atomic E-state index is 0.0487. The molecule has 1 saturated heterocycles. The number of hydrogen-bond acceptors (Lipinski definition) is 2. The maximum atomic E-state index is 12.2. The van der Waals surface area contributed by atoms with E-state index in [0.29, 0.717) is 6.54 Å². The molecule has 0 aromatic rings. The molecule has 0 radical (unpaired) electrons. The fourth-order valence-electron chi connectivity index (χ4n) is 2.25. The quantitative estimate of drug-likeness (QED) is 0.817. The Morgan fingerprint density at radius 3 is 2.39 bits per heavy atom. The summed E-state index contributed by atoms with van der Waals surface area (Å²) in [6.45, 7) is 11.0. The third-order valence-electron chi connectivity index (χ3n) is 3.15. The Morgan fingerprint density at radius 2 is 1.89 bits per heavy atom. The van der Waals surface area contributed by atoms with Crippen LogP contribution in [0.3, 0.4) is 0 Å². The molecule has 1 aliphatic heterocycles. The molecule has 18 heavy (non-hydrogen) atoms. The van der Waals surface area contributed by atoms with E-state index in [1.165, 1.54) is 0 Å². The number of nitrogens with zero attached hydrogens (tertiary/aromatic N) is 1. The lowest BCUT2D eigenvalue weighted by molar-refractivity contribution is -0.142. The molecule has 0 bridgehead atoms. The molecule has 0 saturated carbocycles. The molecule has 4 heteroatoms. The maximum Gasteiger partial charge on any atom is 0.227 e. The molecule has 1 rings (SSSR count). The second-order valence-corrected chi connectivity index (χ2v) is 6.50. The zero-order chi connectivity index (χ0) is 13.9. The van der Waals surface area contributed by atoms with Crippen LogP contribution in [0.1, 0.15) is 47.5 Å². The van der Waals surface area contributed by atoms with Gasteiger partial charge >= 0.3 is 0 Å². The van der Waals surface area contributed by atoms with Crippen LogP contribution in [-0.4, -0.2) is 35.8 Å². The number of likely N-dealkylation sites (tertiary alicyclic amines) is 1. The average Bonchev–Trinajstić information content (AvgIpc) is 2.26. The Bertz CT molecular complexity index is 318. The van der Waals surface area contributed by atoms with Gasteiger partial charge in [0.2, 0.25) is 11.8 Å². The van der Waals surface area contributed by atoms with Crippen molar-refractivity contribution in [2.45, 2.75) is 53.5 Å². The highest BCUT2D eigenvalue weighted by Crippen LogP contribution is 2.23. The van der Waals surface area contributed by atoms with Crippen molar-refractivity contribution in [3.8, 4) is 0 Å². The first-order valence-electron chi connectivity index (χ1n) is 6.81. The Kier molecular flexibility index (Phi) is 4.77. The van der Waals surface area contributed by atoms with Crippen molar-refractivity contribution >= 4 is 11.8 Å². The van der Waals surface area contributed by atoms with Gasteiger partial charge in [-0.05, 0) is 26.7 Å². The van der Waals surface area contributed by atoms with Gasteiger partial charge in [-0.1, -0.05) is 20.8 Å². The topological polar surface area (TPSA) is 49.4 Å². The predicted molar refractivity (Wildman–Crippen MR) is 72.0 cm³/mol. The summed E-state index contributed by atoms with van der Waals surface area (Å²) in [7, 11) is 0. The number of carbonyl (C=O) groups excluding carboxylic acids is 2. The second-order valence-electron chi connectivity index (χ2n) is 6.50. The van der Waals surface area contributed by atoms with Crippen molar-refractivity contribution in [2.75, 3.05) is 13.1 Å². The first-order valence-corrected chi connectivity index (χ1v) is 6.81. The molecule has 0 aliphatic carbocycles. The van der Waals surface area contributed by atoms with Gasteiger partial charge in [-0.15, -0.1) is 0 Å². The largest absolute Gasteiger partial charge is 0.354 e. The molecular weight excluding hydrogens is 228 g/mol. The Balaban J connectivity index is 2.61. The van der Waals surface area contributed by atoms with E-state index in [-0.39, 0.29) is 29.2 Å². The number of piperidine rings is 1. The zero-order valence-corrected chi connectivity index (χ0v) is 12.2. The van der Waals surface area contributed by atoms with E-state index < -0.39 is 0 Å². The van der Waals surface area contributed by atoms with Crippen LogP contribution in [0.5, 0.6) is 0 Å². The monoisotopic (exact) mass is 254 g/mol. The summed E-state index contributed by atoms with van der Waals surface area (Å²) in [6, 6.07) is 0.159. The second kappa shape index (κ2) is 5.72. The summed E-state index contributed by atoms with van der Waals surface area (Å²) >= 11 is 0. The van der Waals surface area contributed by atoms with E-state index in [4.69, 9.17) is 0 Å². The highest BCUT2D eigenvalue weighted by Gasteiger charge is 2.33. The van der Waals surface area contributed by atoms with E-state index in [0.717, 1.165) is 19.4 Å². The lowest BCUT2D eigenvalue weighted by Gasteiger charge is -2.36. The van der Waals surface area contributed by atoms with Crippen LogP contribution in [0.4, 0.5) is 0 Å². The molecule has 1 unspecified atom stereocenters. The molecule has 2 amide bonds. The van der Waals surface area contributed by atoms with Crippen LogP contribution in [0.15, 0.2) is 0 Å². The Hall–Kier alpha value is -1.06. The van der Waals surface area contributed by atoms with Crippen molar-refractivity contribution in [3.05, 3.63) is 0 Å². The smallest absolute Gasteiger partial charge is 0.227 e. The lowest BCUT2D eigenvalue weighted by Crippen LogP contribution is -2.49. The first kappa shape index (κ1) is 15.0. The number of nitrogens with one attached hydrogen (secondary N) is 1. The summed E-state index contributed by atoms with van der Waals surface area (Å²) < 4.78 is 0. The molecule has 1 N–H and O–H groups in total. The van der Waals surface area contributed by atoms with Crippen molar-refractivity contribution in [1.29, 1.82) is 0 Å². The number of rotatable bonds is 2. The molecule has 1 fully saturated rings. The molecule has 104 valence electrons. The third-order valence-corrected chi connectivity index (χ3v) is 3.15. The van der Waals surface area contributed by atoms with Crippen LogP contribution >= 0.6 is 0 Å². The lowest BCUT2D eigenvalue weighted by atomic mass is 9.91. The fraction of sp³-hybridized carbons (Fsp3) is 0.857. The van der Waals surface area contributed by atoms with Gasteiger partial charge < -0.3 is 10.2 Å². The van der Waals surface area contributed by atoms with Gasteiger partial charge in [0.05, 0.1) is 5.92 Å². The highest BCUT2D eigenvalue weighted by atomic mass is 16.2. The van der Waals surface area contributed by atoms with Crippen molar-refractivity contribution in [3.63, 3.8) is 0 Å². The minimum Gasteiger partial charge on any atom is -0.354 e. The van der Waals surface area contributed by atoms with Gasteiger partial charge in [0, 0.05) is 24.5 Å². The van der Waals surface area contributed by atoms with Crippen molar-refractivity contribution in [1.82, 2.24) is 10.2 Å². The normalized spacial score (nSPS) is 21.0. The van der Waals surface area contributed by atoms with E-state index in [1.807, 2.05) is 39.5 Å². The summed E-state index contributed by atoms with van der Waals surface area (Å²) in [6.07, 6.45) is 1.80. The molecule has 1 atom stereocenters. The number of amides is 2. The molecule has 1 aliphatic rings. The van der Waals surface area contributed by atoms with Gasteiger partial charge in [-0.2, -0.15) is 0 Å². The van der Waals surface area contributed by atoms with Gasteiger partial charge in [0.15, 0.2) is 0 Å². The van der Waals surface area contributed by atoms with Crippen LogP contribution in [0, 0.1) is 11.3 Å². The molecule has 0 aromatic heterocycles. The highest BCUT2D eigenvalue weighted by molar-refractivity contribution is 5.84. The fourth-order valence-corrected chi connectivity index (χ4v) is 2.25. The minimum atomic E-state index is -0.365. The third kappa shape index (κ3) is 4.00. The van der Waals surface area contributed by atoms with Crippen molar-refractivity contribution in [2.24, 2.45) is 11.3 Å². The first-order chi connectivity index (χ1) is 8.21. The molecule has 4 nitrogen and oxygen atoms in total. The summed E-state index contributed by atoms with van der Waals surface area (Å²) in [5.41, 5.74) is -0.365.